The van der Waals surface area contributed by atoms with Gasteiger partial charge in [-0.15, -0.1) is 30.6 Å². The zero-order chi connectivity index (χ0) is 7.61. The van der Waals surface area contributed by atoms with E-state index in [-0.39, 0.29) is 8.80 Å². The first-order valence-electron chi connectivity index (χ1n) is 3.85. The minimum Gasteiger partial charge on any atom is -0.111 e. The third-order valence-corrected chi connectivity index (χ3v) is 16.7. The lowest BCUT2D eigenvalue weighted by molar-refractivity contribution is 1.01. The molecule has 0 aromatic heterocycles. The molecule has 0 aliphatic carbocycles. The maximum Gasteiger partial charge on any atom is 0.198 e. The lowest BCUT2D eigenvalue weighted by Crippen LogP contribution is -2.31. The first kappa shape index (κ1) is 9.48. The van der Waals surface area contributed by atoms with E-state index in [4.69, 9.17) is 0 Å². The molecular formula is C6H13Br2Si2. The van der Waals surface area contributed by atoms with Crippen molar-refractivity contribution in [1.82, 2.24) is 0 Å². The third-order valence-electron chi connectivity index (χ3n) is 2.08. The highest BCUT2D eigenvalue weighted by atomic mass is 79.9. The van der Waals surface area contributed by atoms with Gasteiger partial charge in [0.25, 0.3) is 0 Å². The second-order valence-electron chi connectivity index (χ2n) is 2.99. The molecule has 10 heavy (non-hydrogen) atoms. The molecule has 0 saturated carbocycles. The van der Waals surface area contributed by atoms with Gasteiger partial charge in [0.1, 0.15) is 0 Å². The van der Waals surface area contributed by atoms with E-state index < -0.39 is 5.31 Å². The smallest absolute Gasteiger partial charge is 0.111 e. The van der Waals surface area contributed by atoms with Crippen molar-refractivity contribution >= 4 is 44.7 Å². The fraction of sp³-hybridized carbons (Fsp3) is 1.00. The number of halogens is 2. The molecular weight excluding hydrogens is 288 g/mol. The van der Waals surface area contributed by atoms with Crippen LogP contribution in [0.1, 0.15) is 13.3 Å². The molecule has 0 amide bonds. The third kappa shape index (κ3) is 2.79. The van der Waals surface area contributed by atoms with Gasteiger partial charge in [0, 0.05) is 8.80 Å². The normalized spacial score (nSPS) is 26.7. The van der Waals surface area contributed by atoms with Crippen molar-refractivity contribution in [2.24, 2.45) is 0 Å². The van der Waals surface area contributed by atoms with Gasteiger partial charge in [-0.25, -0.2) is 0 Å². The Hall–Kier alpha value is 1.39. The fourth-order valence-electron chi connectivity index (χ4n) is 1.44. The predicted octanol–water partition coefficient (Wildman–Crippen LogP) is 3.68. The minimum atomic E-state index is -1.00. The molecule has 59 valence electrons. The molecule has 1 heterocycles. The Morgan fingerprint density at radius 3 is 2.60 bits per heavy atom. The van der Waals surface area contributed by atoms with E-state index in [1.54, 1.807) is 6.04 Å². The van der Waals surface area contributed by atoms with E-state index >= 15 is 0 Å². The van der Waals surface area contributed by atoms with Gasteiger partial charge in [-0.3, -0.25) is 0 Å². The van der Waals surface area contributed by atoms with Gasteiger partial charge in [0.15, 0.2) is 5.31 Å². The zero-order valence-corrected chi connectivity index (χ0v) is 11.5. The van der Waals surface area contributed by atoms with Crippen LogP contribution in [0.4, 0.5) is 0 Å². The molecule has 0 aromatic carbocycles. The standard InChI is InChI=1S/C6H13Br2Si2/c1-2-9-4-3-5-10(7,8)6-9/h2-6H2,1H3. The second kappa shape index (κ2) is 3.87. The fourth-order valence-corrected chi connectivity index (χ4v) is 17.7. The van der Waals surface area contributed by atoms with Crippen molar-refractivity contribution in [2.45, 2.75) is 37.1 Å². The summed E-state index contributed by atoms with van der Waals surface area (Å²) in [5.41, 5.74) is 1.54. The maximum absolute atomic E-state index is 3.85. The average molecular weight is 301 g/mol. The Labute approximate surface area is 81.6 Å². The van der Waals surface area contributed by atoms with Crippen molar-refractivity contribution < 1.29 is 0 Å². The van der Waals surface area contributed by atoms with Crippen LogP contribution in [-0.2, 0) is 0 Å². The van der Waals surface area contributed by atoms with E-state index in [1.165, 1.54) is 24.2 Å². The van der Waals surface area contributed by atoms with Crippen LogP contribution < -0.4 is 0 Å². The highest BCUT2D eigenvalue weighted by Gasteiger charge is 2.33. The Morgan fingerprint density at radius 2 is 2.20 bits per heavy atom. The Bertz CT molecular complexity index is 116. The minimum absolute atomic E-state index is 0.0741. The van der Waals surface area contributed by atoms with Gasteiger partial charge in [-0.1, -0.05) is 25.4 Å². The first-order valence-corrected chi connectivity index (χ1v) is 12.9. The van der Waals surface area contributed by atoms with Crippen LogP contribution in [0, 0.1) is 0 Å². The molecule has 1 fully saturated rings. The van der Waals surface area contributed by atoms with E-state index in [1.807, 2.05) is 0 Å². The molecule has 1 saturated heterocycles. The van der Waals surface area contributed by atoms with Crippen molar-refractivity contribution in [3.05, 3.63) is 0 Å². The molecule has 0 spiro atoms. The molecule has 0 atom stereocenters. The predicted molar refractivity (Wildman–Crippen MR) is 58.9 cm³/mol. The SMILES string of the molecule is CC[Si]1CCC[Si](Br)(Br)C1. The van der Waals surface area contributed by atoms with E-state index in [2.05, 4.69) is 37.5 Å². The van der Waals surface area contributed by atoms with Crippen LogP contribution >= 0.6 is 30.6 Å². The lowest BCUT2D eigenvalue weighted by atomic mass is 10.6. The zero-order valence-electron chi connectivity index (χ0n) is 6.29. The first-order chi connectivity index (χ1) is 4.64. The lowest BCUT2D eigenvalue weighted by Gasteiger charge is -2.28. The van der Waals surface area contributed by atoms with Gasteiger partial charge >= 0.3 is 0 Å². The summed E-state index contributed by atoms with van der Waals surface area (Å²) in [6.07, 6.45) is 1.48. The second-order valence-corrected chi connectivity index (χ2v) is 21.6. The molecule has 1 rings (SSSR count). The Morgan fingerprint density at radius 1 is 1.50 bits per heavy atom. The van der Waals surface area contributed by atoms with Crippen molar-refractivity contribution in [2.75, 3.05) is 0 Å². The molecule has 1 aliphatic rings. The van der Waals surface area contributed by atoms with E-state index in [0.29, 0.717) is 0 Å². The molecule has 1 radical (unpaired) electrons. The van der Waals surface area contributed by atoms with Crippen LogP contribution in [0.25, 0.3) is 0 Å². The van der Waals surface area contributed by atoms with Crippen molar-refractivity contribution in [1.29, 1.82) is 0 Å². The molecule has 0 unspecified atom stereocenters. The topological polar surface area (TPSA) is 0 Å². The number of hydrogen-bond acceptors (Lipinski definition) is 0. The van der Waals surface area contributed by atoms with E-state index in [9.17, 15) is 0 Å². The highest BCUT2D eigenvalue weighted by Crippen LogP contribution is 2.38. The quantitative estimate of drug-likeness (QED) is 0.512. The van der Waals surface area contributed by atoms with Crippen LogP contribution in [0.15, 0.2) is 0 Å². The van der Waals surface area contributed by atoms with Crippen LogP contribution in [0.5, 0.6) is 0 Å². The van der Waals surface area contributed by atoms with Gasteiger partial charge in [-0.2, -0.15) is 0 Å². The highest BCUT2D eigenvalue weighted by molar-refractivity contribution is 9.51. The molecule has 0 N–H and O–H groups in total. The van der Waals surface area contributed by atoms with E-state index in [0.717, 1.165) is 0 Å². The Kier molecular flexibility index (Phi) is 3.67. The van der Waals surface area contributed by atoms with Crippen molar-refractivity contribution in [3.63, 3.8) is 0 Å². The number of hydrogen-bond donors (Lipinski definition) is 0. The summed E-state index contributed by atoms with van der Waals surface area (Å²) in [4.78, 5) is 0. The summed E-state index contributed by atoms with van der Waals surface area (Å²) in [6.45, 7) is 2.35. The molecule has 0 bridgehead atoms. The largest absolute Gasteiger partial charge is 0.198 e. The van der Waals surface area contributed by atoms with Crippen LogP contribution in [-0.4, -0.2) is 14.1 Å². The average Bonchev–Trinajstić information content (AvgIpc) is 1.86. The summed E-state index contributed by atoms with van der Waals surface area (Å²) in [5.74, 6) is 0. The van der Waals surface area contributed by atoms with Crippen LogP contribution in [0.2, 0.25) is 23.8 Å². The van der Waals surface area contributed by atoms with Crippen LogP contribution in [0.3, 0.4) is 0 Å². The summed E-state index contributed by atoms with van der Waals surface area (Å²) < 4.78 is 0. The van der Waals surface area contributed by atoms with Crippen molar-refractivity contribution in [3.8, 4) is 0 Å². The summed E-state index contributed by atoms with van der Waals surface area (Å²) >= 11 is 7.71. The summed E-state index contributed by atoms with van der Waals surface area (Å²) in [5, 5.41) is -1.00. The van der Waals surface area contributed by atoms with Gasteiger partial charge in [-0.05, 0) is 11.7 Å². The number of rotatable bonds is 1. The summed E-state index contributed by atoms with van der Waals surface area (Å²) in [7, 11) is 0.0741. The van der Waals surface area contributed by atoms with Gasteiger partial charge in [0.05, 0.1) is 0 Å². The van der Waals surface area contributed by atoms with Gasteiger partial charge in [0.2, 0.25) is 0 Å². The molecule has 1 aliphatic heterocycles. The van der Waals surface area contributed by atoms with Gasteiger partial charge < -0.3 is 0 Å². The molecule has 0 nitrogen and oxygen atoms in total. The molecule has 4 heteroatoms. The monoisotopic (exact) mass is 299 g/mol. The molecule has 0 aromatic rings. The summed E-state index contributed by atoms with van der Waals surface area (Å²) in [6, 6.07) is 4.48. The Balaban J connectivity index is 2.40. The maximum atomic E-state index is 3.85.